The fourth-order valence-electron chi connectivity index (χ4n) is 2.76. The van der Waals surface area contributed by atoms with Crippen LogP contribution in [0.15, 0.2) is 34.3 Å². The predicted octanol–water partition coefficient (Wildman–Crippen LogP) is 2.14. The molecule has 0 unspecified atom stereocenters. The highest BCUT2D eigenvalue weighted by Gasteiger charge is 2.31. The SMILES string of the molecule is CSc1nc(N)nc(NC(=O)[C@H](CCCN=C(N)N)Nc2cccc(C(F)(F)F)c2)c1C#N. The number of carbonyl (C=O) groups is 1. The van der Waals surface area contributed by atoms with Crippen LogP contribution in [0.2, 0.25) is 0 Å². The summed E-state index contributed by atoms with van der Waals surface area (Å²) in [6, 6.07) is 5.37. The molecule has 0 fully saturated rings. The Bertz CT molecular complexity index is 1070. The highest BCUT2D eigenvalue weighted by molar-refractivity contribution is 7.98. The highest BCUT2D eigenvalue weighted by Crippen LogP contribution is 2.31. The number of nitrogens with zero attached hydrogens (tertiary/aromatic N) is 4. The predicted molar refractivity (Wildman–Crippen MR) is 120 cm³/mol. The minimum atomic E-state index is -4.54. The molecule has 10 nitrogen and oxygen atoms in total. The van der Waals surface area contributed by atoms with E-state index >= 15 is 0 Å². The Balaban J connectivity index is 2.30. The van der Waals surface area contributed by atoms with Gasteiger partial charge in [-0.05, 0) is 37.3 Å². The van der Waals surface area contributed by atoms with Crippen molar-refractivity contribution in [3.63, 3.8) is 0 Å². The first-order chi connectivity index (χ1) is 15.5. The van der Waals surface area contributed by atoms with Crippen LogP contribution < -0.4 is 27.8 Å². The number of halogens is 3. The van der Waals surface area contributed by atoms with Crippen molar-refractivity contribution in [3.05, 3.63) is 35.4 Å². The van der Waals surface area contributed by atoms with Crippen molar-refractivity contribution >= 4 is 41.1 Å². The molecule has 0 radical (unpaired) electrons. The molecule has 33 heavy (non-hydrogen) atoms. The number of alkyl halides is 3. The lowest BCUT2D eigenvalue weighted by Crippen LogP contribution is -2.35. The smallest absolute Gasteiger partial charge is 0.374 e. The van der Waals surface area contributed by atoms with Gasteiger partial charge in [0.15, 0.2) is 11.8 Å². The third kappa shape index (κ3) is 7.42. The van der Waals surface area contributed by atoms with E-state index in [4.69, 9.17) is 17.2 Å². The molecule has 0 saturated heterocycles. The number of nitrogens with one attached hydrogen (secondary N) is 2. The van der Waals surface area contributed by atoms with Crippen LogP contribution in [0, 0.1) is 11.3 Å². The molecule has 176 valence electrons. The van der Waals surface area contributed by atoms with Gasteiger partial charge in [0.1, 0.15) is 22.7 Å². The molecule has 1 aromatic heterocycles. The quantitative estimate of drug-likeness (QED) is 0.118. The van der Waals surface area contributed by atoms with Crippen LogP contribution in [-0.4, -0.2) is 40.7 Å². The summed E-state index contributed by atoms with van der Waals surface area (Å²) in [7, 11) is 0. The number of amides is 1. The second-order valence-corrected chi connectivity index (χ2v) is 7.43. The summed E-state index contributed by atoms with van der Waals surface area (Å²) >= 11 is 1.14. The van der Waals surface area contributed by atoms with Gasteiger partial charge in [0.25, 0.3) is 0 Å². The zero-order valence-corrected chi connectivity index (χ0v) is 18.3. The number of nitrogens with two attached hydrogens (primary N) is 3. The van der Waals surface area contributed by atoms with Crippen LogP contribution in [0.3, 0.4) is 0 Å². The summed E-state index contributed by atoms with van der Waals surface area (Å²) < 4.78 is 39.2. The topological polar surface area (TPSA) is 181 Å². The van der Waals surface area contributed by atoms with Crippen molar-refractivity contribution in [1.82, 2.24) is 9.97 Å². The maximum Gasteiger partial charge on any atom is 0.416 e. The number of anilines is 3. The summed E-state index contributed by atoms with van der Waals surface area (Å²) in [5, 5.41) is 15.0. The number of rotatable bonds is 9. The molecule has 1 aromatic carbocycles. The van der Waals surface area contributed by atoms with Gasteiger partial charge < -0.3 is 27.8 Å². The molecule has 1 atom stereocenters. The Morgan fingerprint density at radius 2 is 2.06 bits per heavy atom. The summed E-state index contributed by atoms with van der Waals surface area (Å²) in [6.07, 6.45) is -2.36. The van der Waals surface area contributed by atoms with E-state index in [0.29, 0.717) is 6.42 Å². The lowest BCUT2D eigenvalue weighted by atomic mass is 10.1. The fourth-order valence-corrected chi connectivity index (χ4v) is 3.29. The van der Waals surface area contributed by atoms with Gasteiger partial charge >= 0.3 is 6.18 Å². The van der Waals surface area contributed by atoms with Gasteiger partial charge in [-0.2, -0.15) is 23.4 Å². The standard InChI is InChI=1S/C19H22F3N9OS/c1-33-16-12(9-23)14(30-18(26)31-16)29-15(32)13(6-3-7-27-17(24)25)28-11-5-2-4-10(8-11)19(20,21)22/h2,4-5,8,13,28H,3,6-7H2,1H3,(H4,24,25,27)(H3,26,29,30,31,32)/t13-/m0/s1. The van der Waals surface area contributed by atoms with E-state index in [9.17, 15) is 23.2 Å². The van der Waals surface area contributed by atoms with E-state index in [1.165, 1.54) is 12.1 Å². The molecule has 1 amide bonds. The van der Waals surface area contributed by atoms with Gasteiger partial charge in [-0.1, -0.05) is 6.07 Å². The Morgan fingerprint density at radius 3 is 2.67 bits per heavy atom. The van der Waals surface area contributed by atoms with Crippen LogP contribution in [0.25, 0.3) is 0 Å². The maximum atomic E-state index is 13.1. The van der Waals surface area contributed by atoms with Gasteiger partial charge in [-0.25, -0.2) is 4.98 Å². The summed E-state index contributed by atoms with van der Waals surface area (Å²) in [5.41, 5.74) is 15.5. The summed E-state index contributed by atoms with van der Waals surface area (Å²) in [6.45, 7) is 0.205. The molecule has 0 aliphatic rings. The number of carbonyl (C=O) groups excluding carboxylic acids is 1. The zero-order chi connectivity index (χ0) is 24.6. The van der Waals surface area contributed by atoms with E-state index in [2.05, 4.69) is 25.6 Å². The number of nitriles is 1. The minimum Gasteiger partial charge on any atom is -0.374 e. The fraction of sp³-hybridized carbons (Fsp3) is 0.316. The van der Waals surface area contributed by atoms with Crippen molar-refractivity contribution in [1.29, 1.82) is 5.26 Å². The number of hydrogen-bond donors (Lipinski definition) is 5. The first-order valence-electron chi connectivity index (χ1n) is 9.46. The lowest BCUT2D eigenvalue weighted by molar-refractivity contribution is -0.137. The Labute approximate surface area is 191 Å². The van der Waals surface area contributed by atoms with Crippen molar-refractivity contribution in [3.8, 4) is 6.07 Å². The van der Waals surface area contributed by atoms with Crippen molar-refractivity contribution < 1.29 is 18.0 Å². The van der Waals surface area contributed by atoms with Crippen molar-refractivity contribution in [2.24, 2.45) is 16.5 Å². The van der Waals surface area contributed by atoms with E-state index in [-0.39, 0.29) is 47.0 Å². The molecular formula is C19H22F3N9OS. The molecule has 14 heteroatoms. The number of guanidine groups is 1. The monoisotopic (exact) mass is 481 g/mol. The molecule has 0 aliphatic carbocycles. The Kier molecular flexibility index (Phi) is 8.69. The molecular weight excluding hydrogens is 459 g/mol. The van der Waals surface area contributed by atoms with Gasteiger partial charge in [-0.15, -0.1) is 11.8 Å². The number of aliphatic imine (C=N–C) groups is 1. The number of hydrogen-bond acceptors (Lipinski definition) is 8. The molecule has 1 heterocycles. The van der Waals surface area contributed by atoms with Gasteiger partial charge in [0, 0.05) is 12.2 Å². The van der Waals surface area contributed by atoms with Gasteiger partial charge in [-0.3, -0.25) is 9.79 Å². The normalized spacial score (nSPS) is 11.8. The largest absolute Gasteiger partial charge is 0.416 e. The number of aromatic nitrogens is 2. The van der Waals surface area contributed by atoms with E-state index < -0.39 is 23.7 Å². The third-order valence-electron chi connectivity index (χ3n) is 4.23. The lowest BCUT2D eigenvalue weighted by Gasteiger charge is -2.20. The highest BCUT2D eigenvalue weighted by atomic mass is 32.2. The molecule has 2 rings (SSSR count). The zero-order valence-electron chi connectivity index (χ0n) is 17.5. The van der Waals surface area contributed by atoms with E-state index in [0.717, 1.165) is 23.9 Å². The number of benzene rings is 1. The third-order valence-corrected chi connectivity index (χ3v) is 4.91. The van der Waals surface area contributed by atoms with Crippen LogP contribution >= 0.6 is 11.8 Å². The number of nitrogen functional groups attached to an aromatic ring is 1. The molecule has 0 bridgehead atoms. The van der Waals surface area contributed by atoms with Crippen molar-refractivity contribution in [2.45, 2.75) is 30.1 Å². The number of thioether (sulfide) groups is 1. The molecule has 0 saturated carbocycles. The van der Waals surface area contributed by atoms with Crippen LogP contribution in [0.1, 0.15) is 24.0 Å². The summed E-state index contributed by atoms with van der Waals surface area (Å²) in [4.78, 5) is 24.7. The van der Waals surface area contributed by atoms with Gasteiger partial charge in [0.2, 0.25) is 11.9 Å². The molecule has 0 spiro atoms. The second-order valence-electron chi connectivity index (χ2n) is 6.64. The molecule has 8 N–H and O–H groups in total. The first kappa shape index (κ1) is 25.5. The first-order valence-corrected chi connectivity index (χ1v) is 10.7. The average Bonchev–Trinajstić information content (AvgIpc) is 2.74. The van der Waals surface area contributed by atoms with Crippen LogP contribution in [0.5, 0.6) is 0 Å². The Hall–Kier alpha value is -3.73. The minimum absolute atomic E-state index is 0.0170. The average molecular weight is 482 g/mol. The molecule has 2 aromatic rings. The van der Waals surface area contributed by atoms with Crippen LogP contribution in [0.4, 0.5) is 30.6 Å². The van der Waals surface area contributed by atoms with E-state index in [1.807, 2.05) is 6.07 Å². The van der Waals surface area contributed by atoms with Crippen molar-refractivity contribution in [2.75, 3.05) is 29.2 Å². The maximum absolute atomic E-state index is 13.1. The summed E-state index contributed by atoms with van der Waals surface area (Å²) in [5.74, 6) is -1.01. The molecule has 0 aliphatic heterocycles. The Morgan fingerprint density at radius 1 is 1.33 bits per heavy atom. The van der Waals surface area contributed by atoms with Gasteiger partial charge in [0.05, 0.1) is 5.56 Å². The van der Waals surface area contributed by atoms with E-state index in [1.54, 1.807) is 6.26 Å². The second kappa shape index (κ2) is 11.2. The van der Waals surface area contributed by atoms with Crippen LogP contribution in [-0.2, 0) is 11.0 Å².